The molecule has 0 spiro atoms. The molecule has 2 aromatic carbocycles. The monoisotopic (exact) mass is 291 g/mol. The number of nitrogens with zero attached hydrogens (tertiary/aromatic N) is 2. The summed E-state index contributed by atoms with van der Waals surface area (Å²) in [6, 6.07) is 13.8. The van der Waals surface area contributed by atoms with Crippen LogP contribution in [-0.4, -0.2) is 17.4 Å². The van der Waals surface area contributed by atoms with Gasteiger partial charge in [0.2, 0.25) is 0 Å². The van der Waals surface area contributed by atoms with E-state index < -0.39 is 6.55 Å². The smallest absolute Gasteiger partial charge is 0.377 e. The Bertz CT molecular complexity index is 673. The van der Waals surface area contributed by atoms with Gasteiger partial charge in [0, 0.05) is 0 Å². The second-order valence-corrected chi connectivity index (χ2v) is 5.07. The summed E-state index contributed by atoms with van der Waals surface area (Å²) in [5.74, 6) is 0. The van der Waals surface area contributed by atoms with Gasteiger partial charge in [0.1, 0.15) is 0 Å². The molecule has 0 aliphatic heterocycles. The SMILES string of the molecule is C/C(=N/N=C(/N)SB(F)F)c1ccc2ccccc2c1. The lowest BCUT2D eigenvalue weighted by molar-refractivity contribution is 0.701. The van der Waals surface area contributed by atoms with E-state index in [1.165, 1.54) is 0 Å². The Morgan fingerprint density at radius 1 is 1.10 bits per heavy atom. The van der Waals surface area contributed by atoms with Crippen molar-refractivity contribution in [1.82, 2.24) is 0 Å². The molecular formula is C13H12BF2N3S. The van der Waals surface area contributed by atoms with Gasteiger partial charge in [0.05, 0.1) is 5.71 Å². The van der Waals surface area contributed by atoms with Crippen LogP contribution in [0, 0.1) is 0 Å². The number of amidine groups is 1. The fourth-order valence-corrected chi connectivity index (χ4v) is 1.98. The quantitative estimate of drug-likeness (QED) is 0.407. The Balaban J connectivity index is 2.24. The van der Waals surface area contributed by atoms with E-state index in [-0.39, 0.29) is 16.8 Å². The Labute approximate surface area is 120 Å². The number of fused-ring (bicyclic) bond motifs is 1. The van der Waals surface area contributed by atoms with Crippen molar-refractivity contribution in [3.8, 4) is 0 Å². The lowest BCUT2D eigenvalue weighted by Crippen LogP contribution is -2.10. The molecular weight excluding hydrogens is 279 g/mol. The van der Waals surface area contributed by atoms with Crippen molar-refractivity contribution >= 4 is 39.8 Å². The highest BCUT2D eigenvalue weighted by Crippen LogP contribution is 2.16. The minimum atomic E-state index is -2.59. The molecule has 0 aromatic heterocycles. The first kappa shape index (κ1) is 14.5. The van der Waals surface area contributed by atoms with Crippen molar-refractivity contribution in [1.29, 1.82) is 0 Å². The van der Waals surface area contributed by atoms with Crippen molar-refractivity contribution in [3.05, 3.63) is 48.0 Å². The van der Waals surface area contributed by atoms with Gasteiger partial charge in [-0.05, 0) is 29.3 Å². The number of rotatable bonds is 3. The molecule has 20 heavy (non-hydrogen) atoms. The van der Waals surface area contributed by atoms with Crippen LogP contribution in [0.1, 0.15) is 12.5 Å². The van der Waals surface area contributed by atoms with Crippen LogP contribution in [0.2, 0.25) is 0 Å². The average Bonchev–Trinajstić information content (AvgIpc) is 2.43. The van der Waals surface area contributed by atoms with Gasteiger partial charge in [0.25, 0.3) is 0 Å². The Hall–Kier alpha value is -1.89. The van der Waals surface area contributed by atoms with E-state index in [0.29, 0.717) is 5.71 Å². The summed E-state index contributed by atoms with van der Waals surface area (Å²) >= 11 is 0.181. The third-order valence-corrected chi connectivity index (χ3v) is 3.18. The van der Waals surface area contributed by atoms with Crippen molar-refractivity contribution < 1.29 is 8.63 Å². The molecule has 2 N–H and O–H groups in total. The molecule has 0 atom stereocenters. The van der Waals surface area contributed by atoms with Crippen LogP contribution in [0.15, 0.2) is 52.7 Å². The molecule has 3 nitrogen and oxygen atoms in total. The van der Waals surface area contributed by atoms with Crippen LogP contribution < -0.4 is 5.73 Å². The molecule has 7 heteroatoms. The Morgan fingerprint density at radius 2 is 1.80 bits per heavy atom. The number of hydrogen-bond acceptors (Lipinski definition) is 3. The molecule has 0 saturated carbocycles. The first-order chi connectivity index (χ1) is 9.56. The molecule has 102 valence electrons. The second kappa shape index (κ2) is 6.52. The van der Waals surface area contributed by atoms with E-state index >= 15 is 0 Å². The van der Waals surface area contributed by atoms with Crippen molar-refractivity contribution in [2.24, 2.45) is 15.9 Å². The van der Waals surface area contributed by atoms with Gasteiger partial charge in [0.15, 0.2) is 5.17 Å². The Kier molecular flexibility index (Phi) is 4.73. The van der Waals surface area contributed by atoms with E-state index in [4.69, 9.17) is 5.73 Å². The largest absolute Gasteiger partial charge is 0.616 e. The van der Waals surface area contributed by atoms with Gasteiger partial charge in [-0.1, -0.05) is 48.0 Å². The molecule has 0 unspecified atom stereocenters. The first-order valence-electron chi connectivity index (χ1n) is 5.88. The van der Waals surface area contributed by atoms with Gasteiger partial charge in [-0.25, -0.2) is 0 Å². The molecule has 0 fully saturated rings. The van der Waals surface area contributed by atoms with Crippen LogP contribution in [-0.2, 0) is 0 Å². The standard InChI is InChI=1S/C13H12BF2N3S/c1-9(18-19-13(17)20-14(15)16)11-7-6-10-4-2-3-5-12(10)8-11/h2-8H,1H3,(H2,17,19)/b18-9-. The summed E-state index contributed by atoms with van der Waals surface area (Å²) in [7, 11) is 0. The van der Waals surface area contributed by atoms with E-state index in [9.17, 15) is 8.63 Å². The topological polar surface area (TPSA) is 50.7 Å². The summed E-state index contributed by atoms with van der Waals surface area (Å²) in [6.07, 6.45) is 0. The van der Waals surface area contributed by atoms with Crippen LogP contribution in [0.25, 0.3) is 10.8 Å². The van der Waals surface area contributed by atoms with Crippen LogP contribution >= 0.6 is 11.6 Å². The Morgan fingerprint density at radius 3 is 2.50 bits per heavy atom. The van der Waals surface area contributed by atoms with Crippen LogP contribution in [0.4, 0.5) is 8.63 Å². The summed E-state index contributed by atoms with van der Waals surface area (Å²) in [5, 5.41) is 9.42. The van der Waals surface area contributed by atoms with E-state index in [2.05, 4.69) is 10.2 Å². The maximum absolute atomic E-state index is 12.1. The third kappa shape index (κ3) is 3.80. The fourth-order valence-electron chi connectivity index (χ4n) is 1.71. The van der Waals surface area contributed by atoms with Gasteiger partial charge >= 0.3 is 6.55 Å². The third-order valence-electron chi connectivity index (χ3n) is 2.68. The average molecular weight is 291 g/mol. The van der Waals surface area contributed by atoms with Crippen LogP contribution in [0.3, 0.4) is 0 Å². The van der Waals surface area contributed by atoms with Gasteiger partial charge in [-0.2, -0.15) is 5.10 Å². The zero-order valence-corrected chi connectivity index (χ0v) is 11.6. The predicted octanol–water partition coefficient (Wildman–Crippen LogP) is 3.54. The summed E-state index contributed by atoms with van der Waals surface area (Å²) < 4.78 is 24.1. The molecule has 2 rings (SSSR count). The van der Waals surface area contributed by atoms with Crippen LogP contribution in [0.5, 0.6) is 0 Å². The highest BCUT2D eigenvalue weighted by Gasteiger charge is 2.15. The van der Waals surface area contributed by atoms with Gasteiger partial charge < -0.3 is 5.73 Å². The highest BCUT2D eigenvalue weighted by atomic mass is 32.2. The molecule has 0 heterocycles. The maximum atomic E-state index is 12.1. The number of nitrogens with two attached hydrogens (primary N) is 1. The number of halogens is 2. The predicted molar refractivity (Wildman–Crippen MR) is 83.3 cm³/mol. The molecule has 0 bridgehead atoms. The normalized spacial score (nSPS) is 12.8. The lowest BCUT2D eigenvalue weighted by atomic mass is 10.0. The fraction of sp³-hybridized carbons (Fsp3) is 0.0769. The molecule has 0 aliphatic carbocycles. The minimum absolute atomic E-state index is 0.181. The van der Waals surface area contributed by atoms with Gasteiger partial charge in [-0.15, -0.1) is 5.10 Å². The summed E-state index contributed by atoms with van der Waals surface area (Å²) in [4.78, 5) is 0. The zero-order valence-electron chi connectivity index (χ0n) is 10.8. The molecule has 0 amide bonds. The molecule has 0 aliphatic rings. The van der Waals surface area contributed by atoms with E-state index in [1.54, 1.807) is 6.92 Å². The minimum Gasteiger partial charge on any atom is -0.377 e. The van der Waals surface area contributed by atoms with Crippen molar-refractivity contribution in [3.63, 3.8) is 0 Å². The second-order valence-electron chi connectivity index (χ2n) is 4.06. The molecule has 2 aromatic rings. The lowest BCUT2D eigenvalue weighted by Gasteiger charge is -2.02. The molecule has 0 radical (unpaired) electrons. The van der Waals surface area contributed by atoms with E-state index in [0.717, 1.165) is 16.3 Å². The zero-order chi connectivity index (χ0) is 14.5. The summed E-state index contributed by atoms with van der Waals surface area (Å²) in [6.45, 7) is -0.830. The summed E-state index contributed by atoms with van der Waals surface area (Å²) in [5.41, 5.74) is 6.81. The maximum Gasteiger partial charge on any atom is 0.616 e. The highest BCUT2D eigenvalue weighted by molar-refractivity contribution is 8.35. The first-order valence-corrected chi connectivity index (χ1v) is 6.76. The number of benzene rings is 2. The number of hydrogen-bond donors (Lipinski definition) is 1. The van der Waals surface area contributed by atoms with Crippen molar-refractivity contribution in [2.75, 3.05) is 0 Å². The molecule has 0 saturated heterocycles. The van der Waals surface area contributed by atoms with Gasteiger partial charge in [-0.3, -0.25) is 8.63 Å². The van der Waals surface area contributed by atoms with E-state index in [1.807, 2.05) is 42.5 Å². The van der Waals surface area contributed by atoms with Crippen molar-refractivity contribution in [2.45, 2.75) is 6.92 Å².